The van der Waals surface area contributed by atoms with Crippen molar-refractivity contribution in [1.82, 2.24) is 10.6 Å². The van der Waals surface area contributed by atoms with Gasteiger partial charge in [-0.1, -0.05) is 38.8 Å². The van der Waals surface area contributed by atoms with E-state index in [0.29, 0.717) is 23.6 Å². The molecule has 0 spiro atoms. The molecule has 1 aromatic carbocycles. The highest BCUT2D eigenvalue weighted by atomic mass is 16.5. The van der Waals surface area contributed by atoms with Gasteiger partial charge < -0.3 is 15.4 Å². The van der Waals surface area contributed by atoms with Crippen LogP contribution in [0.25, 0.3) is 0 Å². The summed E-state index contributed by atoms with van der Waals surface area (Å²) in [7, 11) is 1.65. The van der Waals surface area contributed by atoms with Crippen LogP contribution in [0.15, 0.2) is 24.3 Å². The molecule has 1 aliphatic heterocycles. The van der Waals surface area contributed by atoms with Gasteiger partial charge in [-0.25, -0.2) is 0 Å². The zero-order chi connectivity index (χ0) is 16.7. The first-order valence-electron chi connectivity index (χ1n) is 8.83. The van der Waals surface area contributed by atoms with E-state index in [0.717, 1.165) is 26.0 Å². The van der Waals surface area contributed by atoms with Gasteiger partial charge in [-0.15, -0.1) is 0 Å². The van der Waals surface area contributed by atoms with E-state index in [1.54, 1.807) is 7.05 Å². The topological polar surface area (TPSA) is 50.4 Å². The van der Waals surface area contributed by atoms with Crippen molar-refractivity contribution in [2.45, 2.75) is 58.2 Å². The summed E-state index contributed by atoms with van der Waals surface area (Å²) in [5.74, 6) is 0.633. The van der Waals surface area contributed by atoms with Gasteiger partial charge in [-0.2, -0.15) is 0 Å². The van der Waals surface area contributed by atoms with E-state index in [4.69, 9.17) is 4.74 Å². The maximum absolute atomic E-state index is 11.5. The average Bonchev–Trinajstić information content (AvgIpc) is 2.61. The molecule has 1 amide bonds. The van der Waals surface area contributed by atoms with Gasteiger partial charge in [0.1, 0.15) is 0 Å². The number of hydrogen-bond donors (Lipinski definition) is 2. The zero-order valence-electron chi connectivity index (χ0n) is 14.6. The van der Waals surface area contributed by atoms with Crippen LogP contribution >= 0.6 is 0 Å². The van der Waals surface area contributed by atoms with Crippen LogP contribution in [-0.4, -0.2) is 31.7 Å². The third-order valence-corrected chi connectivity index (χ3v) is 4.93. The molecule has 1 saturated heterocycles. The minimum absolute atomic E-state index is 0.0399. The molecule has 4 heteroatoms. The van der Waals surface area contributed by atoms with Crippen molar-refractivity contribution in [2.75, 3.05) is 13.7 Å². The van der Waals surface area contributed by atoms with Crippen LogP contribution in [0.2, 0.25) is 0 Å². The van der Waals surface area contributed by atoms with E-state index < -0.39 is 0 Å². The second kappa shape index (κ2) is 9.04. The van der Waals surface area contributed by atoms with E-state index >= 15 is 0 Å². The maximum Gasteiger partial charge on any atom is 0.251 e. The number of hydrogen-bond acceptors (Lipinski definition) is 3. The first kappa shape index (κ1) is 18.0. The Morgan fingerprint density at radius 3 is 2.57 bits per heavy atom. The molecule has 2 atom stereocenters. The molecule has 2 N–H and O–H groups in total. The fraction of sp³-hybridized carbons (Fsp3) is 0.632. The summed E-state index contributed by atoms with van der Waals surface area (Å²) in [5.41, 5.74) is 1.92. The van der Waals surface area contributed by atoms with Crippen LogP contribution in [0.3, 0.4) is 0 Å². The smallest absolute Gasteiger partial charge is 0.251 e. The lowest BCUT2D eigenvalue weighted by Gasteiger charge is -2.34. The third-order valence-electron chi connectivity index (χ3n) is 4.93. The molecule has 23 heavy (non-hydrogen) atoms. The summed E-state index contributed by atoms with van der Waals surface area (Å²) in [6.07, 6.45) is 4.95. The van der Waals surface area contributed by atoms with Gasteiger partial charge in [-0.05, 0) is 36.5 Å². The van der Waals surface area contributed by atoms with Gasteiger partial charge in [0, 0.05) is 31.8 Å². The molecule has 1 aromatic rings. The monoisotopic (exact) mass is 318 g/mol. The molecule has 0 radical (unpaired) electrons. The van der Waals surface area contributed by atoms with Crippen molar-refractivity contribution in [3.05, 3.63) is 35.4 Å². The Hall–Kier alpha value is -1.39. The Labute approximate surface area is 140 Å². The highest BCUT2D eigenvalue weighted by Crippen LogP contribution is 2.25. The standard InChI is InChI=1S/C19H30N2O2/c1-4-15(5-2)18-12-17(10-11-23-18)21-13-14-6-8-16(9-7-14)19(22)20-3/h6-9,15,17-18,21H,4-5,10-13H2,1-3H3,(H,20,22)/t17-,18+/m1/s1. The molecule has 0 aromatic heterocycles. The molecule has 4 nitrogen and oxygen atoms in total. The van der Waals surface area contributed by atoms with Crippen molar-refractivity contribution in [2.24, 2.45) is 5.92 Å². The van der Waals surface area contributed by atoms with Crippen LogP contribution in [0.5, 0.6) is 0 Å². The number of carbonyl (C=O) groups excluding carboxylic acids is 1. The van der Waals surface area contributed by atoms with Crippen LogP contribution in [0.1, 0.15) is 55.5 Å². The normalized spacial score (nSPS) is 21.4. The number of ether oxygens (including phenoxy) is 1. The van der Waals surface area contributed by atoms with E-state index in [2.05, 4.69) is 24.5 Å². The van der Waals surface area contributed by atoms with E-state index in [1.165, 1.54) is 18.4 Å². The maximum atomic E-state index is 11.5. The number of nitrogens with one attached hydrogen (secondary N) is 2. The van der Waals surface area contributed by atoms with Crippen molar-refractivity contribution >= 4 is 5.91 Å². The predicted molar refractivity (Wildman–Crippen MR) is 93.5 cm³/mol. The number of benzene rings is 1. The summed E-state index contributed by atoms with van der Waals surface area (Å²) in [6.45, 7) is 6.20. The van der Waals surface area contributed by atoms with Gasteiger partial charge >= 0.3 is 0 Å². The van der Waals surface area contributed by atoms with Crippen LogP contribution in [0, 0.1) is 5.92 Å². The van der Waals surface area contributed by atoms with Crippen LogP contribution in [-0.2, 0) is 11.3 Å². The van der Waals surface area contributed by atoms with Crippen LogP contribution < -0.4 is 10.6 Å². The Morgan fingerprint density at radius 1 is 1.26 bits per heavy atom. The fourth-order valence-corrected chi connectivity index (χ4v) is 3.34. The third kappa shape index (κ3) is 5.05. The quantitative estimate of drug-likeness (QED) is 0.812. The molecule has 1 heterocycles. The predicted octanol–water partition coefficient (Wildman–Crippen LogP) is 3.12. The molecule has 128 valence electrons. The van der Waals surface area contributed by atoms with Crippen molar-refractivity contribution < 1.29 is 9.53 Å². The molecule has 2 rings (SSSR count). The molecule has 0 unspecified atom stereocenters. The Bertz CT molecular complexity index is 483. The van der Waals surface area contributed by atoms with Gasteiger partial charge in [-0.3, -0.25) is 4.79 Å². The second-order valence-corrected chi connectivity index (χ2v) is 6.36. The first-order chi connectivity index (χ1) is 11.2. The van der Waals surface area contributed by atoms with E-state index in [-0.39, 0.29) is 5.91 Å². The van der Waals surface area contributed by atoms with E-state index in [1.807, 2.05) is 24.3 Å². The lowest BCUT2D eigenvalue weighted by Crippen LogP contribution is -2.41. The van der Waals surface area contributed by atoms with E-state index in [9.17, 15) is 4.79 Å². The Balaban J connectivity index is 1.84. The zero-order valence-corrected chi connectivity index (χ0v) is 14.6. The summed E-state index contributed by atoms with van der Waals surface area (Å²) in [6, 6.07) is 8.33. The SMILES string of the molecule is CCC(CC)[C@@H]1C[C@H](NCc2ccc(C(=O)NC)cc2)CCO1. The number of rotatable bonds is 7. The second-order valence-electron chi connectivity index (χ2n) is 6.36. The van der Waals surface area contributed by atoms with Crippen molar-refractivity contribution in [3.8, 4) is 0 Å². The lowest BCUT2D eigenvalue weighted by atomic mass is 9.89. The summed E-state index contributed by atoms with van der Waals surface area (Å²) >= 11 is 0. The Kier molecular flexibility index (Phi) is 7.06. The molecule has 0 bridgehead atoms. The number of amides is 1. The molecular formula is C19H30N2O2. The highest BCUT2D eigenvalue weighted by Gasteiger charge is 2.27. The number of carbonyl (C=O) groups is 1. The summed E-state index contributed by atoms with van der Waals surface area (Å²) in [5, 5.41) is 6.30. The molecule has 0 saturated carbocycles. The minimum Gasteiger partial charge on any atom is -0.378 e. The van der Waals surface area contributed by atoms with Crippen molar-refractivity contribution in [3.63, 3.8) is 0 Å². The Morgan fingerprint density at radius 2 is 1.96 bits per heavy atom. The summed E-state index contributed by atoms with van der Waals surface area (Å²) < 4.78 is 5.97. The summed E-state index contributed by atoms with van der Waals surface area (Å²) in [4.78, 5) is 11.5. The minimum atomic E-state index is -0.0399. The first-order valence-corrected chi connectivity index (χ1v) is 8.83. The lowest BCUT2D eigenvalue weighted by molar-refractivity contribution is -0.0350. The molecular weight excluding hydrogens is 288 g/mol. The van der Waals surface area contributed by atoms with Gasteiger partial charge in [0.2, 0.25) is 0 Å². The largest absolute Gasteiger partial charge is 0.378 e. The van der Waals surface area contributed by atoms with Gasteiger partial charge in [0.15, 0.2) is 0 Å². The fourth-order valence-electron chi connectivity index (χ4n) is 3.34. The van der Waals surface area contributed by atoms with Gasteiger partial charge in [0.25, 0.3) is 5.91 Å². The average molecular weight is 318 g/mol. The van der Waals surface area contributed by atoms with Crippen LogP contribution in [0.4, 0.5) is 0 Å². The van der Waals surface area contributed by atoms with Gasteiger partial charge in [0.05, 0.1) is 6.10 Å². The highest BCUT2D eigenvalue weighted by molar-refractivity contribution is 5.93. The van der Waals surface area contributed by atoms with Crippen molar-refractivity contribution in [1.29, 1.82) is 0 Å². The molecule has 1 aliphatic rings. The molecule has 0 aliphatic carbocycles. The molecule has 1 fully saturated rings.